The Hall–Kier alpha value is -0.120. The molecule has 0 saturated carbocycles. The number of alkyl halides is 4. The van der Waals surface area contributed by atoms with E-state index in [1.807, 2.05) is 0 Å². The van der Waals surface area contributed by atoms with Crippen LogP contribution in [0.5, 0.6) is 5.88 Å². The highest BCUT2D eigenvalue weighted by Crippen LogP contribution is 2.43. The van der Waals surface area contributed by atoms with Crippen molar-refractivity contribution in [3.05, 3.63) is 32.8 Å². The van der Waals surface area contributed by atoms with Gasteiger partial charge < -0.3 is 9.47 Å². The molecule has 1 aromatic carbocycles. The Balaban J connectivity index is 2.62. The third-order valence-electron chi connectivity index (χ3n) is 2.88. The first-order chi connectivity index (χ1) is 11.3. The molecule has 132 valence electrons. The molecule has 2 rings (SSSR count). The van der Waals surface area contributed by atoms with Crippen molar-refractivity contribution in [1.29, 1.82) is 0 Å². The van der Waals surface area contributed by atoms with Crippen molar-refractivity contribution in [1.82, 2.24) is 9.78 Å². The van der Waals surface area contributed by atoms with Crippen LogP contribution < -0.4 is 4.74 Å². The molecule has 0 N–H and O–H groups in total. The largest absolute Gasteiger partial charge is 0.415 e. The first-order valence-corrected chi connectivity index (χ1v) is 9.20. The van der Waals surface area contributed by atoms with Crippen LogP contribution in [0.1, 0.15) is 9.30 Å². The third-order valence-corrected chi connectivity index (χ3v) is 4.85. The number of benzene rings is 1. The lowest BCUT2D eigenvalue weighted by atomic mass is 10.1. The van der Waals surface area contributed by atoms with Gasteiger partial charge >= 0.3 is 6.61 Å². The fourth-order valence-electron chi connectivity index (χ4n) is 1.92. The van der Waals surface area contributed by atoms with E-state index < -0.39 is 6.61 Å². The van der Waals surface area contributed by atoms with Crippen molar-refractivity contribution in [2.45, 2.75) is 17.1 Å². The van der Waals surface area contributed by atoms with Crippen LogP contribution in [-0.4, -0.2) is 23.5 Å². The Kier molecular flexibility index (Phi) is 7.16. The van der Waals surface area contributed by atoms with E-state index in [9.17, 15) is 8.78 Å². The SMILES string of the molecule is COCn1nc(-c2cc(C(Br)Br)c(Cl)cc2Cl)c(Cl)c1OC(F)F. The average Bonchev–Trinajstić information content (AvgIpc) is 2.76. The summed E-state index contributed by atoms with van der Waals surface area (Å²) in [7, 11) is 1.38. The van der Waals surface area contributed by atoms with Gasteiger partial charge in [-0.05, 0) is 17.7 Å². The summed E-state index contributed by atoms with van der Waals surface area (Å²) in [6.45, 7) is -3.19. The molecule has 0 radical (unpaired) electrons. The number of ether oxygens (including phenoxy) is 2. The van der Waals surface area contributed by atoms with Crippen LogP contribution in [-0.2, 0) is 11.5 Å². The molecule has 0 bridgehead atoms. The first kappa shape index (κ1) is 20.2. The summed E-state index contributed by atoms with van der Waals surface area (Å²) in [5.41, 5.74) is 1.26. The molecule has 4 nitrogen and oxygen atoms in total. The van der Waals surface area contributed by atoms with E-state index in [0.29, 0.717) is 16.1 Å². The standard InChI is InChI=1S/C13H9Br2Cl3F2N2O2/c1-23-4-22-12(24-13(19)20)9(18)10(21-22)5-2-6(11(14)15)8(17)3-7(5)16/h2-3,11,13H,4H2,1H3. The molecule has 2 aromatic rings. The van der Waals surface area contributed by atoms with Crippen molar-refractivity contribution in [3.8, 4) is 17.1 Å². The Morgan fingerprint density at radius 1 is 1.21 bits per heavy atom. The van der Waals surface area contributed by atoms with Crippen molar-refractivity contribution in [2.24, 2.45) is 0 Å². The maximum absolute atomic E-state index is 12.6. The fraction of sp³-hybridized carbons (Fsp3) is 0.308. The van der Waals surface area contributed by atoms with Gasteiger partial charge in [0.25, 0.3) is 0 Å². The number of hydrogen-bond donors (Lipinski definition) is 0. The van der Waals surface area contributed by atoms with Crippen LogP contribution in [0.25, 0.3) is 11.3 Å². The topological polar surface area (TPSA) is 36.3 Å². The number of hydrogen-bond acceptors (Lipinski definition) is 3. The van der Waals surface area contributed by atoms with Gasteiger partial charge in [0, 0.05) is 17.7 Å². The molecule has 24 heavy (non-hydrogen) atoms. The third kappa shape index (κ3) is 4.34. The van der Waals surface area contributed by atoms with Crippen molar-refractivity contribution < 1.29 is 18.3 Å². The Labute approximate surface area is 168 Å². The molecule has 0 spiro atoms. The van der Waals surface area contributed by atoms with Gasteiger partial charge in [0.15, 0.2) is 0 Å². The molecule has 0 saturated heterocycles. The highest BCUT2D eigenvalue weighted by Gasteiger charge is 2.24. The molecule has 0 aliphatic heterocycles. The zero-order valence-electron chi connectivity index (χ0n) is 11.9. The second-order valence-corrected chi connectivity index (χ2v) is 8.67. The van der Waals surface area contributed by atoms with Gasteiger partial charge in [-0.1, -0.05) is 66.7 Å². The van der Waals surface area contributed by atoms with Crippen LogP contribution in [0.3, 0.4) is 0 Å². The summed E-state index contributed by atoms with van der Waals surface area (Å²) in [6, 6.07) is 3.17. The fourth-order valence-corrected chi connectivity index (χ4v) is 3.80. The number of halogens is 7. The maximum atomic E-state index is 12.6. The van der Waals surface area contributed by atoms with Crippen molar-refractivity contribution in [2.75, 3.05) is 7.11 Å². The number of methoxy groups -OCH3 is 1. The molecule has 0 atom stereocenters. The van der Waals surface area contributed by atoms with Gasteiger partial charge in [-0.3, -0.25) is 0 Å². The molecule has 1 aromatic heterocycles. The van der Waals surface area contributed by atoms with Gasteiger partial charge in [0.05, 0.1) is 8.76 Å². The van der Waals surface area contributed by atoms with Gasteiger partial charge in [0.1, 0.15) is 17.4 Å². The summed E-state index contributed by atoms with van der Waals surface area (Å²) < 4.78 is 35.4. The minimum Gasteiger partial charge on any atom is -0.415 e. The monoisotopic (exact) mass is 526 g/mol. The summed E-state index contributed by atoms with van der Waals surface area (Å²) in [5, 5.41) is 4.73. The summed E-state index contributed by atoms with van der Waals surface area (Å²) in [4.78, 5) is 0. The Bertz CT molecular complexity index is 744. The van der Waals surface area contributed by atoms with Crippen LogP contribution in [0.2, 0.25) is 15.1 Å². The van der Waals surface area contributed by atoms with Gasteiger partial charge in [0.2, 0.25) is 5.88 Å². The lowest BCUT2D eigenvalue weighted by Gasteiger charge is -2.10. The van der Waals surface area contributed by atoms with Gasteiger partial charge in [-0.2, -0.15) is 13.9 Å². The Morgan fingerprint density at radius 2 is 1.88 bits per heavy atom. The highest BCUT2D eigenvalue weighted by atomic mass is 79.9. The van der Waals surface area contributed by atoms with Crippen LogP contribution in [0.4, 0.5) is 8.78 Å². The number of rotatable bonds is 6. The number of aromatic nitrogens is 2. The van der Waals surface area contributed by atoms with E-state index in [2.05, 4.69) is 41.7 Å². The van der Waals surface area contributed by atoms with E-state index in [-0.39, 0.29) is 32.1 Å². The van der Waals surface area contributed by atoms with E-state index in [0.717, 1.165) is 4.68 Å². The van der Waals surface area contributed by atoms with Crippen LogP contribution >= 0.6 is 66.7 Å². The summed E-state index contributed by atoms with van der Waals surface area (Å²) in [6.07, 6.45) is 0. The predicted molar refractivity (Wildman–Crippen MR) is 96.9 cm³/mol. The van der Waals surface area contributed by atoms with Crippen molar-refractivity contribution in [3.63, 3.8) is 0 Å². The lowest BCUT2D eigenvalue weighted by Crippen LogP contribution is -2.10. The van der Waals surface area contributed by atoms with Crippen molar-refractivity contribution >= 4 is 66.7 Å². The molecule has 0 aliphatic carbocycles. The molecule has 0 amide bonds. The van der Waals surface area contributed by atoms with Crippen LogP contribution in [0, 0.1) is 0 Å². The Morgan fingerprint density at radius 3 is 2.42 bits per heavy atom. The molecule has 11 heteroatoms. The minimum absolute atomic E-state index is 0.108. The van der Waals surface area contributed by atoms with Gasteiger partial charge in [-0.15, -0.1) is 0 Å². The summed E-state index contributed by atoms with van der Waals surface area (Å²) >= 11 is 25.2. The smallest absolute Gasteiger partial charge is 0.388 e. The zero-order valence-corrected chi connectivity index (χ0v) is 17.3. The zero-order chi connectivity index (χ0) is 18.0. The minimum atomic E-state index is -3.06. The molecule has 0 fully saturated rings. The molecule has 1 heterocycles. The number of nitrogens with zero attached hydrogens (tertiary/aromatic N) is 2. The van der Waals surface area contributed by atoms with Crippen LogP contribution in [0.15, 0.2) is 12.1 Å². The second kappa shape index (κ2) is 8.51. The van der Waals surface area contributed by atoms with E-state index in [1.165, 1.54) is 13.2 Å². The first-order valence-electron chi connectivity index (χ1n) is 6.23. The van der Waals surface area contributed by atoms with E-state index in [4.69, 9.17) is 39.5 Å². The maximum Gasteiger partial charge on any atom is 0.388 e. The molecular weight excluding hydrogens is 520 g/mol. The second-order valence-electron chi connectivity index (χ2n) is 4.42. The average molecular weight is 529 g/mol. The highest BCUT2D eigenvalue weighted by molar-refractivity contribution is 9.24. The van der Waals surface area contributed by atoms with Gasteiger partial charge in [-0.25, -0.2) is 4.68 Å². The van der Waals surface area contributed by atoms with E-state index >= 15 is 0 Å². The quantitative estimate of drug-likeness (QED) is 0.401. The molecular formula is C13H9Br2Cl3F2N2O2. The summed E-state index contributed by atoms with van der Waals surface area (Å²) in [5.74, 6) is -0.315. The normalized spacial score (nSPS) is 11.6. The predicted octanol–water partition coefficient (Wildman–Crippen LogP) is 6.50. The molecule has 0 aliphatic rings. The van der Waals surface area contributed by atoms with E-state index in [1.54, 1.807) is 6.07 Å². The molecule has 0 unspecified atom stereocenters. The lowest BCUT2D eigenvalue weighted by molar-refractivity contribution is -0.0591.